The lowest BCUT2D eigenvalue weighted by Gasteiger charge is -2.12. The first-order valence-corrected chi connectivity index (χ1v) is 8.71. The van der Waals surface area contributed by atoms with Crippen molar-refractivity contribution < 1.29 is 14.3 Å². The van der Waals surface area contributed by atoms with Crippen molar-refractivity contribution in [2.75, 3.05) is 49.9 Å². The average molecular weight is 372 g/mol. The molecule has 9 heteroatoms. The Kier molecular flexibility index (Phi) is 5.92. The Bertz CT molecular complexity index is 812. The SMILES string of the molecule is Cc1cc(NCCCN(C)C)nc(NC(=O)Nc2ccc3c(c2)OCO3)n1. The molecule has 0 spiro atoms. The number of anilines is 3. The number of nitrogens with zero attached hydrogens (tertiary/aromatic N) is 3. The number of hydrogen-bond donors (Lipinski definition) is 3. The van der Waals surface area contributed by atoms with Gasteiger partial charge in [-0.1, -0.05) is 0 Å². The van der Waals surface area contributed by atoms with Crippen LogP contribution < -0.4 is 25.4 Å². The number of carbonyl (C=O) groups is 1. The van der Waals surface area contributed by atoms with Crippen molar-refractivity contribution in [2.45, 2.75) is 13.3 Å². The molecule has 2 heterocycles. The normalized spacial score (nSPS) is 12.1. The molecule has 0 aliphatic carbocycles. The van der Waals surface area contributed by atoms with Gasteiger partial charge in [0.2, 0.25) is 12.7 Å². The lowest BCUT2D eigenvalue weighted by atomic mass is 10.3. The fourth-order valence-electron chi connectivity index (χ4n) is 2.56. The van der Waals surface area contributed by atoms with E-state index in [1.165, 1.54) is 0 Å². The van der Waals surface area contributed by atoms with E-state index in [9.17, 15) is 4.79 Å². The third kappa shape index (κ3) is 5.45. The Hall–Kier alpha value is -3.07. The van der Waals surface area contributed by atoms with E-state index in [-0.39, 0.29) is 12.7 Å². The first-order chi connectivity index (χ1) is 13.0. The van der Waals surface area contributed by atoms with Gasteiger partial charge in [-0.25, -0.2) is 9.78 Å². The second-order valence-corrected chi connectivity index (χ2v) is 6.45. The Labute approximate surface area is 158 Å². The lowest BCUT2D eigenvalue weighted by Crippen LogP contribution is -2.21. The molecular formula is C18H24N6O3. The van der Waals surface area contributed by atoms with Gasteiger partial charge in [-0.05, 0) is 46.1 Å². The monoisotopic (exact) mass is 372 g/mol. The number of fused-ring (bicyclic) bond motifs is 1. The van der Waals surface area contributed by atoms with E-state index < -0.39 is 6.03 Å². The Balaban J connectivity index is 1.57. The molecule has 0 radical (unpaired) electrons. The quantitative estimate of drug-likeness (QED) is 0.642. The molecule has 3 rings (SSSR count). The van der Waals surface area contributed by atoms with Gasteiger partial charge in [-0.3, -0.25) is 5.32 Å². The van der Waals surface area contributed by atoms with E-state index in [0.29, 0.717) is 23.0 Å². The van der Waals surface area contributed by atoms with E-state index in [1.54, 1.807) is 18.2 Å². The number of aromatic nitrogens is 2. The van der Waals surface area contributed by atoms with Crippen molar-refractivity contribution in [3.05, 3.63) is 30.0 Å². The summed E-state index contributed by atoms with van der Waals surface area (Å²) in [5.41, 5.74) is 1.35. The van der Waals surface area contributed by atoms with E-state index in [4.69, 9.17) is 9.47 Å². The topological polar surface area (TPSA) is 101 Å². The van der Waals surface area contributed by atoms with Gasteiger partial charge < -0.3 is 25.0 Å². The minimum Gasteiger partial charge on any atom is -0.454 e. The van der Waals surface area contributed by atoms with Gasteiger partial charge in [-0.2, -0.15) is 4.98 Å². The Morgan fingerprint density at radius 1 is 1.15 bits per heavy atom. The summed E-state index contributed by atoms with van der Waals surface area (Å²) in [7, 11) is 4.07. The van der Waals surface area contributed by atoms with Crippen LogP contribution in [0.2, 0.25) is 0 Å². The maximum absolute atomic E-state index is 12.2. The highest BCUT2D eigenvalue weighted by atomic mass is 16.7. The fourth-order valence-corrected chi connectivity index (χ4v) is 2.56. The number of aryl methyl sites for hydroxylation is 1. The van der Waals surface area contributed by atoms with Crippen LogP contribution in [-0.4, -0.2) is 54.9 Å². The number of amides is 2. The van der Waals surface area contributed by atoms with Crippen LogP contribution in [-0.2, 0) is 0 Å². The Morgan fingerprint density at radius 3 is 2.78 bits per heavy atom. The molecule has 0 saturated carbocycles. The maximum Gasteiger partial charge on any atom is 0.326 e. The summed E-state index contributed by atoms with van der Waals surface area (Å²) in [5.74, 6) is 2.18. The first kappa shape index (κ1) is 18.7. The van der Waals surface area contributed by atoms with Crippen molar-refractivity contribution in [2.24, 2.45) is 0 Å². The van der Waals surface area contributed by atoms with Gasteiger partial charge >= 0.3 is 6.03 Å². The van der Waals surface area contributed by atoms with Crippen LogP contribution in [0.25, 0.3) is 0 Å². The number of nitrogens with one attached hydrogen (secondary N) is 3. The highest BCUT2D eigenvalue weighted by molar-refractivity contribution is 5.98. The summed E-state index contributed by atoms with van der Waals surface area (Å²) in [6, 6.07) is 6.60. The summed E-state index contributed by atoms with van der Waals surface area (Å²) in [6.45, 7) is 3.82. The van der Waals surface area contributed by atoms with Crippen molar-refractivity contribution in [1.82, 2.24) is 14.9 Å². The van der Waals surface area contributed by atoms with E-state index in [0.717, 1.165) is 25.2 Å². The molecular weight excluding hydrogens is 348 g/mol. The van der Waals surface area contributed by atoms with E-state index in [1.807, 2.05) is 27.1 Å². The van der Waals surface area contributed by atoms with Crippen molar-refractivity contribution in [1.29, 1.82) is 0 Å². The number of ether oxygens (including phenoxy) is 2. The molecule has 0 unspecified atom stereocenters. The average Bonchev–Trinajstić information content (AvgIpc) is 3.05. The molecule has 2 amide bonds. The van der Waals surface area contributed by atoms with Gasteiger partial charge in [0.25, 0.3) is 0 Å². The first-order valence-electron chi connectivity index (χ1n) is 8.71. The zero-order chi connectivity index (χ0) is 19.2. The maximum atomic E-state index is 12.2. The van der Waals surface area contributed by atoms with Crippen molar-refractivity contribution in [3.63, 3.8) is 0 Å². The second kappa shape index (κ2) is 8.54. The van der Waals surface area contributed by atoms with Crippen LogP contribution in [0.5, 0.6) is 11.5 Å². The molecule has 0 saturated heterocycles. The molecule has 144 valence electrons. The summed E-state index contributed by atoms with van der Waals surface area (Å²) in [5, 5.41) is 8.64. The van der Waals surface area contributed by atoms with Crippen LogP contribution in [0.1, 0.15) is 12.1 Å². The molecule has 1 aliphatic rings. The number of urea groups is 1. The predicted molar refractivity (Wildman–Crippen MR) is 104 cm³/mol. The molecule has 27 heavy (non-hydrogen) atoms. The molecule has 1 aliphatic heterocycles. The molecule has 9 nitrogen and oxygen atoms in total. The minimum absolute atomic E-state index is 0.187. The van der Waals surface area contributed by atoms with Crippen LogP contribution in [0.3, 0.4) is 0 Å². The summed E-state index contributed by atoms with van der Waals surface area (Å²) < 4.78 is 10.6. The van der Waals surface area contributed by atoms with Gasteiger partial charge in [0.05, 0.1) is 0 Å². The smallest absolute Gasteiger partial charge is 0.326 e. The zero-order valence-electron chi connectivity index (χ0n) is 15.7. The number of carbonyl (C=O) groups excluding carboxylic acids is 1. The molecule has 0 fully saturated rings. The predicted octanol–water partition coefficient (Wildman–Crippen LogP) is 2.52. The van der Waals surface area contributed by atoms with Crippen LogP contribution in [0.4, 0.5) is 22.2 Å². The lowest BCUT2D eigenvalue weighted by molar-refractivity contribution is 0.174. The van der Waals surface area contributed by atoms with Crippen LogP contribution in [0, 0.1) is 6.92 Å². The highest BCUT2D eigenvalue weighted by Gasteiger charge is 2.14. The summed E-state index contributed by atoms with van der Waals surface area (Å²) in [6.07, 6.45) is 0.989. The minimum atomic E-state index is -0.432. The molecule has 0 atom stereocenters. The van der Waals surface area contributed by atoms with Crippen LogP contribution >= 0.6 is 0 Å². The second-order valence-electron chi connectivity index (χ2n) is 6.45. The third-order valence-corrected chi connectivity index (χ3v) is 3.80. The highest BCUT2D eigenvalue weighted by Crippen LogP contribution is 2.34. The largest absolute Gasteiger partial charge is 0.454 e. The van der Waals surface area contributed by atoms with Crippen molar-refractivity contribution >= 4 is 23.5 Å². The number of hydrogen-bond acceptors (Lipinski definition) is 7. The number of rotatable bonds is 7. The molecule has 3 N–H and O–H groups in total. The van der Waals surface area contributed by atoms with E-state index >= 15 is 0 Å². The Morgan fingerprint density at radius 2 is 1.96 bits per heavy atom. The molecule has 1 aromatic carbocycles. The van der Waals surface area contributed by atoms with Gasteiger partial charge in [0.1, 0.15) is 5.82 Å². The van der Waals surface area contributed by atoms with E-state index in [2.05, 4.69) is 30.8 Å². The molecule has 0 bridgehead atoms. The standard InChI is InChI=1S/C18H24N6O3/c1-12-9-16(19-7-4-8-24(2)3)22-17(20-12)23-18(25)21-13-5-6-14-15(10-13)27-11-26-14/h5-6,9-10H,4,7-8,11H2,1-3H3,(H3,19,20,21,22,23,25). The molecule has 2 aromatic rings. The zero-order valence-corrected chi connectivity index (χ0v) is 15.7. The van der Waals surface area contributed by atoms with Gasteiger partial charge in [0, 0.05) is 30.1 Å². The van der Waals surface area contributed by atoms with Crippen LogP contribution in [0.15, 0.2) is 24.3 Å². The molecule has 1 aromatic heterocycles. The summed E-state index contributed by atoms with van der Waals surface area (Å²) >= 11 is 0. The van der Waals surface area contributed by atoms with Gasteiger partial charge in [-0.15, -0.1) is 0 Å². The fraction of sp³-hybridized carbons (Fsp3) is 0.389. The van der Waals surface area contributed by atoms with Gasteiger partial charge in [0.15, 0.2) is 11.5 Å². The third-order valence-electron chi connectivity index (χ3n) is 3.80. The number of benzene rings is 1. The van der Waals surface area contributed by atoms with Crippen molar-refractivity contribution in [3.8, 4) is 11.5 Å². The summed E-state index contributed by atoms with van der Waals surface area (Å²) in [4.78, 5) is 23.0.